The van der Waals surface area contributed by atoms with Crippen LogP contribution in [-0.4, -0.2) is 9.97 Å². The lowest BCUT2D eigenvalue weighted by Gasteiger charge is -2.01. The average Bonchev–Trinajstić information content (AvgIpc) is 2.75. The molecule has 3 nitrogen and oxygen atoms in total. The lowest BCUT2D eigenvalue weighted by Crippen LogP contribution is -1.86. The van der Waals surface area contributed by atoms with Gasteiger partial charge in [-0.05, 0) is 18.2 Å². The number of imidazole rings is 1. The Labute approximate surface area is 109 Å². The molecular formula is C12H9Cl2N3. The molecule has 0 aliphatic carbocycles. The second kappa shape index (κ2) is 5.22. The van der Waals surface area contributed by atoms with Crippen LogP contribution in [-0.2, 0) is 6.42 Å². The Morgan fingerprint density at radius 2 is 2.18 bits per heavy atom. The highest BCUT2D eigenvalue weighted by atomic mass is 35.5. The van der Waals surface area contributed by atoms with Crippen LogP contribution in [0.5, 0.6) is 0 Å². The summed E-state index contributed by atoms with van der Waals surface area (Å²) >= 11 is 11.9. The summed E-state index contributed by atoms with van der Waals surface area (Å²) in [6.07, 6.45) is 2.77. The van der Waals surface area contributed by atoms with Gasteiger partial charge in [-0.25, -0.2) is 4.98 Å². The molecule has 0 bridgehead atoms. The Kier molecular flexibility index (Phi) is 3.68. The van der Waals surface area contributed by atoms with Gasteiger partial charge in [-0.3, -0.25) is 0 Å². The number of aromatic nitrogens is 2. The molecule has 0 aliphatic heterocycles. The lowest BCUT2D eigenvalue weighted by molar-refractivity contribution is 0.918. The van der Waals surface area contributed by atoms with E-state index in [1.165, 1.54) is 0 Å². The van der Waals surface area contributed by atoms with Crippen molar-refractivity contribution in [2.75, 3.05) is 0 Å². The molecule has 0 saturated heterocycles. The van der Waals surface area contributed by atoms with Crippen molar-refractivity contribution >= 4 is 23.2 Å². The third-order valence-electron chi connectivity index (χ3n) is 2.32. The van der Waals surface area contributed by atoms with Gasteiger partial charge in [-0.2, -0.15) is 5.26 Å². The van der Waals surface area contributed by atoms with Crippen LogP contribution < -0.4 is 0 Å². The van der Waals surface area contributed by atoms with Gasteiger partial charge in [-0.1, -0.05) is 23.2 Å². The first-order chi connectivity index (χ1) is 8.20. The van der Waals surface area contributed by atoms with Gasteiger partial charge in [0.05, 0.1) is 23.0 Å². The van der Waals surface area contributed by atoms with Crippen LogP contribution in [0.2, 0.25) is 10.0 Å². The van der Waals surface area contributed by atoms with E-state index in [-0.39, 0.29) is 0 Å². The summed E-state index contributed by atoms with van der Waals surface area (Å²) < 4.78 is 0. The number of nitrogens with zero attached hydrogens (tertiary/aromatic N) is 2. The van der Waals surface area contributed by atoms with Crippen molar-refractivity contribution in [3.63, 3.8) is 0 Å². The van der Waals surface area contributed by atoms with Crippen molar-refractivity contribution in [1.82, 2.24) is 9.97 Å². The van der Waals surface area contributed by atoms with Gasteiger partial charge in [-0.15, -0.1) is 0 Å². The fourth-order valence-corrected chi connectivity index (χ4v) is 2.02. The van der Waals surface area contributed by atoms with Gasteiger partial charge in [0, 0.05) is 23.4 Å². The van der Waals surface area contributed by atoms with Crippen LogP contribution in [0, 0.1) is 11.3 Å². The molecule has 1 aromatic heterocycles. The molecule has 0 amide bonds. The number of hydrogen-bond donors (Lipinski definition) is 1. The SMILES string of the molecule is N#CCCc1ncc(-c2ccc(Cl)cc2Cl)[nH]1. The molecule has 0 saturated carbocycles. The van der Waals surface area contributed by atoms with E-state index in [1.807, 2.05) is 6.07 Å². The minimum Gasteiger partial charge on any atom is -0.342 e. The van der Waals surface area contributed by atoms with Gasteiger partial charge in [0.1, 0.15) is 5.82 Å². The van der Waals surface area contributed by atoms with Gasteiger partial charge in [0.2, 0.25) is 0 Å². The van der Waals surface area contributed by atoms with Crippen molar-refractivity contribution in [3.05, 3.63) is 40.3 Å². The molecular weight excluding hydrogens is 257 g/mol. The largest absolute Gasteiger partial charge is 0.342 e. The molecule has 0 spiro atoms. The number of rotatable bonds is 3. The predicted molar refractivity (Wildman–Crippen MR) is 68.0 cm³/mol. The maximum Gasteiger partial charge on any atom is 0.107 e. The molecule has 1 heterocycles. The molecule has 2 rings (SSSR count). The van der Waals surface area contributed by atoms with Crippen molar-refractivity contribution in [2.24, 2.45) is 0 Å². The molecule has 1 N–H and O–H groups in total. The third-order valence-corrected chi connectivity index (χ3v) is 2.87. The molecule has 86 valence electrons. The minimum absolute atomic E-state index is 0.446. The number of nitriles is 1. The zero-order valence-electron chi connectivity index (χ0n) is 8.87. The van der Waals surface area contributed by atoms with E-state index in [0.717, 1.165) is 17.1 Å². The Hall–Kier alpha value is -1.50. The molecule has 2 aromatic rings. The van der Waals surface area contributed by atoms with Crippen LogP contribution in [0.1, 0.15) is 12.2 Å². The number of H-pyrrole nitrogens is 1. The summed E-state index contributed by atoms with van der Waals surface area (Å²) in [4.78, 5) is 7.33. The van der Waals surface area contributed by atoms with E-state index in [4.69, 9.17) is 28.5 Å². The fraction of sp³-hybridized carbons (Fsp3) is 0.167. The number of hydrogen-bond acceptors (Lipinski definition) is 2. The number of benzene rings is 1. The number of halogens is 2. The number of aryl methyl sites for hydroxylation is 1. The first-order valence-electron chi connectivity index (χ1n) is 5.07. The normalized spacial score (nSPS) is 10.2. The minimum atomic E-state index is 0.446. The van der Waals surface area contributed by atoms with Gasteiger partial charge < -0.3 is 4.98 Å². The molecule has 1 aromatic carbocycles. The zero-order valence-corrected chi connectivity index (χ0v) is 10.4. The maximum atomic E-state index is 8.50. The summed E-state index contributed by atoms with van der Waals surface area (Å²) in [5.74, 6) is 0.785. The van der Waals surface area contributed by atoms with E-state index < -0.39 is 0 Å². The van der Waals surface area contributed by atoms with Gasteiger partial charge in [0.25, 0.3) is 0 Å². The quantitative estimate of drug-likeness (QED) is 0.917. The van der Waals surface area contributed by atoms with Gasteiger partial charge in [0.15, 0.2) is 0 Å². The van der Waals surface area contributed by atoms with Crippen molar-refractivity contribution < 1.29 is 0 Å². The number of aromatic amines is 1. The summed E-state index contributed by atoms with van der Waals surface area (Å²) in [6.45, 7) is 0. The fourth-order valence-electron chi connectivity index (χ4n) is 1.51. The Morgan fingerprint density at radius 1 is 1.35 bits per heavy atom. The molecule has 0 unspecified atom stereocenters. The summed E-state index contributed by atoms with van der Waals surface area (Å²) in [7, 11) is 0. The van der Waals surface area contributed by atoms with E-state index in [2.05, 4.69) is 16.0 Å². The first kappa shape index (κ1) is 12.0. The monoisotopic (exact) mass is 265 g/mol. The predicted octanol–water partition coefficient (Wildman–Crippen LogP) is 3.84. The summed E-state index contributed by atoms with van der Waals surface area (Å²) in [6, 6.07) is 7.39. The van der Waals surface area contributed by atoms with Crippen molar-refractivity contribution in [2.45, 2.75) is 12.8 Å². The summed E-state index contributed by atoms with van der Waals surface area (Å²) in [5.41, 5.74) is 1.69. The molecule has 0 radical (unpaired) electrons. The van der Waals surface area contributed by atoms with Crippen LogP contribution in [0.3, 0.4) is 0 Å². The third kappa shape index (κ3) is 2.79. The lowest BCUT2D eigenvalue weighted by atomic mass is 10.2. The average molecular weight is 266 g/mol. The molecule has 17 heavy (non-hydrogen) atoms. The number of nitrogens with one attached hydrogen (secondary N) is 1. The second-order valence-corrected chi connectivity index (χ2v) is 4.37. The van der Waals surface area contributed by atoms with Gasteiger partial charge >= 0.3 is 0 Å². The Bertz CT molecular complexity index is 569. The van der Waals surface area contributed by atoms with Crippen molar-refractivity contribution in [1.29, 1.82) is 5.26 Å². The Balaban J connectivity index is 2.28. The van der Waals surface area contributed by atoms with E-state index in [0.29, 0.717) is 22.9 Å². The highest BCUT2D eigenvalue weighted by Crippen LogP contribution is 2.29. The van der Waals surface area contributed by atoms with Crippen LogP contribution in [0.15, 0.2) is 24.4 Å². The smallest absolute Gasteiger partial charge is 0.107 e. The molecule has 0 fully saturated rings. The summed E-state index contributed by atoms with van der Waals surface area (Å²) in [5, 5.41) is 9.68. The van der Waals surface area contributed by atoms with Crippen molar-refractivity contribution in [3.8, 4) is 17.3 Å². The van der Waals surface area contributed by atoms with Crippen LogP contribution >= 0.6 is 23.2 Å². The highest BCUT2D eigenvalue weighted by molar-refractivity contribution is 6.36. The van der Waals surface area contributed by atoms with E-state index >= 15 is 0 Å². The second-order valence-electron chi connectivity index (χ2n) is 3.53. The highest BCUT2D eigenvalue weighted by Gasteiger charge is 2.07. The van der Waals surface area contributed by atoms with E-state index in [1.54, 1.807) is 18.3 Å². The molecule has 0 atom stereocenters. The standard InChI is InChI=1S/C12H9Cl2N3/c13-8-3-4-9(10(14)6-8)11-7-16-12(17-11)2-1-5-15/h3-4,6-7H,1-2H2,(H,16,17). The molecule has 5 heteroatoms. The Morgan fingerprint density at radius 3 is 2.88 bits per heavy atom. The zero-order chi connectivity index (χ0) is 12.3. The van der Waals surface area contributed by atoms with Crippen LogP contribution in [0.4, 0.5) is 0 Å². The van der Waals surface area contributed by atoms with Crippen LogP contribution in [0.25, 0.3) is 11.3 Å². The van der Waals surface area contributed by atoms with E-state index in [9.17, 15) is 0 Å². The topological polar surface area (TPSA) is 52.5 Å². The maximum absolute atomic E-state index is 8.50. The first-order valence-corrected chi connectivity index (χ1v) is 5.82. The molecule has 0 aliphatic rings.